The Morgan fingerprint density at radius 2 is 1.50 bits per heavy atom. The summed E-state index contributed by atoms with van der Waals surface area (Å²) in [6, 6.07) is 12.8. The molecule has 9 heteroatoms. The molecular formula is C23H18N4O5. The van der Waals surface area contributed by atoms with Gasteiger partial charge in [-0.2, -0.15) is 4.98 Å². The molecule has 32 heavy (non-hydrogen) atoms. The first kappa shape index (κ1) is 18.9. The van der Waals surface area contributed by atoms with Crippen LogP contribution in [0.1, 0.15) is 19.3 Å². The summed E-state index contributed by atoms with van der Waals surface area (Å²) < 4.78 is 5.34. The maximum Gasteiger partial charge on any atom is 0.269 e. The van der Waals surface area contributed by atoms with Crippen LogP contribution in [0.3, 0.4) is 0 Å². The monoisotopic (exact) mass is 430 g/mol. The van der Waals surface area contributed by atoms with Crippen LogP contribution in [-0.4, -0.2) is 26.9 Å². The highest BCUT2D eigenvalue weighted by Gasteiger charge is 2.61. The van der Waals surface area contributed by atoms with Crippen LogP contribution < -0.4 is 4.90 Å². The van der Waals surface area contributed by atoms with E-state index < -0.39 is 4.92 Å². The van der Waals surface area contributed by atoms with Gasteiger partial charge in [-0.15, -0.1) is 0 Å². The molecule has 4 atom stereocenters. The Morgan fingerprint density at radius 1 is 0.906 bits per heavy atom. The van der Waals surface area contributed by atoms with Crippen LogP contribution in [0, 0.1) is 33.8 Å². The largest absolute Gasteiger partial charge is 0.334 e. The topological polar surface area (TPSA) is 119 Å². The molecule has 160 valence electrons. The van der Waals surface area contributed by atoms with Crippen LogP contribution in [-0.2, 0) is 9.59 Å². The molecule has 9 nitrogen and oxygen atoms in total. The molecule has 0 spiro atoms. The molecule has 1 saturated heterocycles. The number of carbonyl (C=O) groups excluding carboxylic acids is 2. The van der Waals surface area contributed by atoms with Crippen molar-refractivity contribution < 1.29 is 19.0 Å². The van der Waals surface area contributed by atoms with Gasteiger partial charge >= 0.3 is 0 Å². The molecule has 2 aromatic carbocycles. The van der Waals surface area contributed by atoms with E-state index >= 15 is 0 Å². The molecule has 6 rings (SSSR count). The van der Waals surface area contributed by atoms with Gasteiger partial charge in [0.15, 0.2) is 0 Å². The summed E-state index contributed by atoms with van der Waals surface area (Å²) in [6.45, 7) is 0. The molecule has 0 radical (unpaired) electrons. The lowest BCUT2D eigenvalue weighted by atomic mass is 9.81. The minimum atomic E-state index is -0.471. The highest BCUT2D eigenvalue weighted by atomic mass is 16.6. The SMILES string of the molecule is O=C1[C@@H]2[C@H]3CC[C@@H](C3)[C@@H]2C(=O)N1c1ccc(-c2nc(-c3ccc([N+](=O)[O-])cc3)no2)cc1. The number of carbonyl (C=O) groups is 2. The number of fused-ring (bicyclic) bond motifs is 5. The highest BCUT2D eigenvalue weighted by molar-refractivity contribution is 6.22. The fourth-order valence-electron chi connectivity index (χ4n) is 5.61. The Kier molecular flexibility index (Phi) is 4.01. The van der Waals surface area contributed by atoms with Crippen LogP contribution in [0.25, 0.3) is 22.8 Å². The van der Waals surface area contributed by atoms with Gasteiger partial charge in [0.25, 0.3) is 11.6 Å². The van der Waals surface area contributed by atoms with E-state index in [1.807, 2.05) is 0 Å². The van der Waals surface area contributed by atoms with E-state index in [9.17, 15) is 19.7 Å². The van der Waals surface area contributed by atoms with Crippen molar-refractivity contribution in [3.8, 4) is 22.8 Å². The molecule has 2 amide bonds. The third-order valence-electron chi connectivity index (χ3n) is 7.06. The van der Waals surface area contributed by atoms with E-state index in [0.29, 0.717) is 34.5 Å². The summed E-state index contributed by atoms with van der Waals surface area (Å²) >= 11 is 0. The maximum absolute atomic E-state index is 13.0. The molecule has 2 saturated carbocycles. The van der Waals surface area contributed by atoms with E-state index in [1.165, 1.54) is 17.0 Å². The Balaban J connectivity index is 1.24. The second-order valence-corrected chi connectivity index (χ2v) is 8.67. The summed E-state index contributed by atoms with van der Waals surface area (Å²) in [6.07, 6.45) is 3.10. The van der Waals surface area contributed by atoms with Gasteiger partial charge in [0.05, 0.1) is 22.4 Å². The standard InChI is InChI=1S/C23H18N4O5/c28-22-18-14-1-2-15(11-14)19(18)23(29)26(22)16-7-5-13(6-8-16)21-24-20(25-32-21)12-3-9-17(10-4-12)27(30)31/h3-10,14-15,18-19H,1-2,11H2/t14-,15-,18-,19+/m0/s1. The number of nitro benzene ring substituents is 1. The summed E-state index contributed by atoms with van der Waals surface area (Å²) in [4.78, 5) is 42.0. The summed E-state index contributed by atoms with van der Waals surface area (Å²) in [5, 5.41) is 14.8. The van der Waals surface area contributed by atoms with Crippen molar-refractivity contribution >= 4 is 23.2 Å². The molecule has 0 unspecified atom stereocenters. The molecule has 0 N–H and O–H groups in total. The number of rotatable bonds is 4. The number of anilines is 1. The second-order valence-electron chi connectivity index (χ2n) is 8.67. The van der Waals surface area contributed by atoms with Gasteiger partial charge in [-0.3, -0.25) is 24.6 Å². The Labute approximate surface area is 182 Å². The fourth-order valence-corrected chi connectivity index (χ4v) is 5.61. The number of nitrogens with zero attached hydrogens (tertiary/aromatic N) is 4. The zero-order valence-electron chi connectivity index (χ0n) is 16.9. The fraction of sp³-hybridized carbons (Fsp3) is 0.304. The quantitative estimate of drug-likeness (QED) is 0.350. The molecular weight excluding hydrogens is 412 g/mol. The van der Waals surface area contributed by atoms with Crippen molar-refractivity contribution in [2.45, 2.75) is 19.3 Å². The van der Waals surface area contributed by atoms with Gasteiger partial charge < -0.3 is 4.52 Å². The molecule has 1 aliphatic heterocycles. The van der Waals surface area contributed by atoms with Crippen molar-refractivity contribution in [1.82, 2.24) is 10.1 Å². The van der Waals surface area contributed by atoms with Crippen LogP contribution in [0.15, 0.2) is 53.1 Å². The zero-order chi connectivity index (χ0) is 22.0. The predicted octanol–water partition coefficient (Wildman–Crippen LogP) is 3.85. The summed E-state index contributed by atoms with van der Waals surface area (Å²) in [5.74, 6) is 0.841. The number of hydrogen-bond acceptors (Lipinski definition) is 7. The summed E-state index contributed by atoms with van der Waals surface area (Å²) in [5.41, 5.74) is 1.79. The van der Waals surface area contributed by atoms with Gasteiger partial charge in [0.1, 0.15) is 0 Å². The Morgan fingerprint density at radius 3 is 2.09 bits per heavy atom. The number of benzene rings is 2. The number of hydrogen-bond donors (Lipinski definition) is 0. The van der Waals surface area contributed by atoms with E-state index in [4.69, 9.17) is 4.52 Å². The van der Waals surface area contributed by atoms with Crippen molar-refractivity contribution in [3.05, 3.63) is 58.6 Å². The third kappa shape index (κ3) is 2.70. The molecule has 3 fully saturated rings. The van der Waals surface area contributed by atoms with Crippen LogP contribution in [0.4, 0.5) is 11.4 Å². The average molecular weight is 430 g/mol. The Bertz CT molecular complexity index is 1220. The molecule has 2 heterocycles. The molecule has 3 aromatic rings. The number of nitro groups is 1. The Hall–Kier alpha value is -3.88. The van der Waals surface area contributed by atoms with Crippen LogP contribution in [0.2, 0.25) is 0 Å². The molecule has 1 aromatic heterocycles. The highest BCUT2D eigenvalue weighted by Crippen LogP contribution is 2.56. The van der Waals surface area contributed by atoms with Gasteiger partial charge in [-0.25, -0.2) is 0 Å². The van der Waals surface area contributed by atoms with Crippen molar-refractivity contribution in [1.29, 1.82) is 0 Å². The van der Waals surface area contributed by atoms with Crippen LogP contribution in [0.5, 0.6) is 0 Å². The van der Waals surface area contributed by atoms with Gasteiger partial charge in [0.2, 0.25) is 17.6 Å². The third-order valence-corrected chi connectivity index (χ3v) is 7.06. The number of amides is 2. The van der Waals surface area contributed by atoms with Gasteiger partial charge in [-0.1, -0.05) is 5.16 Å². The van der Waals surface area contributed by atoms with Gasteiger partial charge in [-0.05, 0) is 67.5 Å². The maximum atomic E-state index is 13.0. The number of imide groups is 1. The molecule has 2 aliphatic carbocycles. The minimum Gasteiger partial charge on any atom is -0.334 e. The first-order valence-electron chi connectivity index (χ1n) is 10.6. The van der Waals surface area contributed by atoms with Crippen molar-refractivity contribution in [2.24, 2.45) is 23.7 Å². The number of non-ortho nitro benzene ring substituents is 1. The van der Waals surface area contributed by atoms with Crippen molar-refractivity contribution in [3.63, 3.8) is 0 Å². The zero-order valence-corrected chi connectivity index (χ0v) is 16.9. The van der Waals surface area contributed by atoms with Crippen molar-refractivity contribution in [2.75, 3.05) is 4.90 Å². The lowest BCUT2D eigenvalue weighted by Crippen LogP contribution is -2.32. The minimum absolute atomic E-state index is 0.0174. The van der Waals surface area contributed by atoms with Crippen LogP contribution >= 0.6 is 0 Å². The first-order chi connectivity index (χ1) is 15.5. The predicted molar refractivity (Wildman–Crippen MR) is 112 cm³/mol. The lowest BCUT2D eigenvalue weighted by molar-refractivity contribution is -0.384. The van der Waals surface area contributed by atoms with E-state index in [-0.39, 0.29) is 35.2 Å². The second kappa shape index (κ2) is 6.81. The van der Waals surface area contributed by atoms with E-state index in [0.717, 1.165) is 19.3 Å². The lowest BCUT2D eigenvalue weighted by Gasteiger charge is -2.19. The van der Waals surface area contributed by atoms with E-state index in [1.54, 1.807) is 36.4 Å². The normalized spacial score (nSPS) is 26.1. The first-order valence-corrected chi connectivity index (χ1v) is 10.6. The molecule has 3 aliphatic rings. The number of aromatic nitrogens is 2. The molecule has 2 bridgehead atoms. The smallest absolute Gasteiger partial charge is 0.269 e. The summed E-state index contributed by atoms with van der Waals surface area (Å²) in [7, 11) is 0. The van der Waals surface area contributed by atoms with E-state index in [2.05, 4.69) is 10.1 Å². The van der Waals surface area contributed by atoms with Gasteiger partial charge in [0, 0.05) is 23.3 Å². The average Bonchev–Trinajstić information content (AvgIpc) is 3.58.